The third kappa shape index (κ3) is 2.02. The fraction of sp³-hybridized carbons (Fsp3) is 0.250. The first-order chi connectivity index (χ1) is 7.20. The van der Waals surface area contributed by atoms with Crippen molar-refractivity contribution in [1.82, 2.24) is 4.98 Å². The van der Waals surface area contributed by atoms with Crippen LogP contribution in [0, 0.1) is 13.8 Å². The van der Waals surface area contributed by atoms with E-state index in [2.05, 4.69) is 41.5 Å². The summed E-state index contributed by atoms with van der Waals surface area (Å²) in [4.78, 5) is 4.55. The van der Waals surface area contributed by atoms with E-state index in [1.807, 2.05) is 14.0 Å². The van der Waals surface area contributed by atoms with Gasteiger partial charge in [0.1, 0.15) is 10.0 Å². The maximum absolute atomic E-state index is 4.55. The summed E-state index contributed by atoms with van der Waals surface area (Å²) in [6.45, 7) is 4.13. The molecule has 1 N–H and O–H groups in total. The van der Waals surface area contributed by atoms with Crippen LogP contribution >= 0.6 is 11.3 Å². The van der Waals surface area contributed by atoms with Crippen molar-refractivity contribution in [3.05, 3.63) is 35.5 Å². The molecule has 0 bridgehead atoms. The second-order valence-electron chi connectivity index (χ2n) is 3.55. The molecule has 0 aliphatic heterocycles. The highest BCUT2D eigenvalue weighted by molar-refractivity contribution is 7.19. The molecular weight excluding hydrogens is 204 g/mol. The summed E-state index contributed by atoms with van der Waals surface area (Å²) in [5, 5.41) is 5.38. The highest BCUT2D eigenvalue weighted by atomic mass is 32.1. The quantitative estimate of drug-likeness (QED) is 0.835. The Morgan fingerprint density at radius 3 is 2.67 bits per heavy atom. The first-order valence-electron chi connectivity index (χ1n) is 4.93. The number of thiazole rings is 1. The van der Waals surface area contributed by atoms with Crippen molar-refractivity contribution in [3.63, 3.8) is 0 Å². The predicted molar refractivity (Wildman–Crippen MR) is 66.6 cm³/mol. The lowest BCUT2D eigenvalue weighted by Gasteiger charge is -1.96. The van der Waals surface area contributed by atoms with Gasteiger partial charge in [-0.3, -0.25) is 0 Å². The normalized spacial score (nSPS) is 10.3. The summed E-state index contributed by atoms with van der Waals surface area (Å²) in [5.74, 6) is 0. The minimum absolute atomic E-state index is 1.07. The van der Waals surface area contributed by atoms with Gasteiger partial charge in [-0.15, -0.1) is 0 Å². The van der Waals surface area contributed by atoms with E-state index in [1.165, 1.54) is 11.1 Å². The van der Waals surface area contributed by atoms with E-state index < -0.39 is 0 Å². The first-order valence-corrected chi connectivity index (χ1v) is 5.74. The van der Waals surface area contributed by atoms with Crippen LogP contribution in [0.25, 0.3) is 10.6 Å². The van der Waals surface area contributed by atoms with Gasteiger partial charge < -0.3 is 5.32 Å². The number of aryl methyl sites for hydroxylation is 2. The van der Waals surface area contributed by atoms with Crippen LogP contribution in [0.15, 0.2) is 24.3 Å². The first kappa shape index (κ1) is 10.2. The third-order valence-electron chi connectivity index (χ3n) is 2.29. The molecule has 0 spiro atoms. The molecular formula is C12H14N2S. The van der Waals surface area contributed by atoms with Gasteiger partial charge in [0.25, 0.3) is 0 Å². The zero-order valence-electron chi connectivity index (χ0n) is 9.16. The lowest BCUT2D eigenvalue weighted by atomic mass is 10.1. The summed E-state index contributed by atoms with van der Waals surface area (Å²) in [6, 6.07) is 8.44. The lowest BCUT2D eigenvalue weighted by Crippen LogP contribution is -1.85. The maximum Gasteiger partial charge on any atom is 0.125 e. The summed E-state index contributed by atoms with van der Waals surface area (Å²) < 4.78 is 0. The van der Waals surface area contributed by atoms with Crippen molar-refractivity contribution in [2.75, 3.05) is 12.4 Å². The van der Waals surface area contributed by atoms with Gasteiger partial charge in [0.15, 0.2) is 0 Å². The number of anilines is 1. The van der Waals surface area contributed by atoms with Crippen LogP contribution in [-0.2, 0) is 0 Å². The standard InChI is InChI=1S/C12H14N2S/c1-8-5-4-6-10(7-8)12-14-9(2)11(13-3)15-12/h4-7,13H,1-3H3. The molecule has 0 amide bonds. The molecule has 78 valence electrons. The molecule has 2 aromatic rings. The highest BCUT2D eigenvalue weighted by Gasteiger charge is 2.07. The molecule has 0 radical (unpaired) electrons. The van der Waals surface area contributed by atoms with Gasteiger partial charge in [-0.25, -0.2) is 4.98 Å². The zero-order chi connectivity index (χ0) is 10.8. The molecule has 1 aromatic heterocycles. The third-order valence-corrected chi connectivity index (χ3v) is 3.51. The van der Waals surface area contributed by atoms with Gasteiger partial charge in [-0.2, -0.15) is 0 Å². The fourth-order valence-corrected chi connectivity index (χ4v) is 2.45. The lowest BCUT2D eigenvalue weighted by molar-refractivity contribution is 1.26. The fourth-order valence-electron chi connectivity index (χ4n) is 1.53. The van der Waals surface area contributed by atoms with Crippen molar-refractivity contribution in [3.8, 4) is 10.6 Å². The minimum atomic E-state index is 1.07. The van der Waals surface area contributed by atoms with Crippen molar-refractivity contribution in [1.29, 1.82) is 0 Å². The SMILES string of the molecule is CNc1sc(-c2cccc(C)c2)nc1C. The number of aromatic nitrogens is 1. The number of nitrogens with one attached hydrogen (secondary N) is 1. The van der Waals surface area contributed by atoms with Gasteiger partial charge in [0, 0.05) is 12.6 Å². The Labute approximate surface area is 94.0 Å². The molecule has 2 nitrogen and oxygen atoms in total. The van der Waals surface area contributed by atoms with Gasteiger partial charge in [0.05, 0.1) is 5.69 Å². The Hall–Kier alpha value is -1.35. The second kappa shape index (κ2) is 4.03. The molecule has 0 saturated carbocycles. The van der Waals surface area contributed by atoms with Crippen molar-refractivity contribution in [2.24, 2.45) is 0 Å². The molecule has 0 saturated heterocycles. The largest absolute Gasteiger partial charge is 0.378 e. The maximum atomic E-state index is 4.55. The topological polar surface area (TPSA) is 24.9 Å². The molecule has 0 aliphatic carbocycles. The van der Waals surface area contributed by atoms with E-state index in [-0.39, 0.29) is 0 Å². The Morgan fingerprint density at radius 1 is 1.27 bits per heavy atom. The van der Waals surface area contributed by atoms with Crippen molar-refractivity contribution in [2.45, 2.75) is 13.8 Å². The summed E-state index contributed by atoms with van der Waals surface area (Å²) >= 11 is 1.70. The monoisotopic (exact) mass is 218 g/mol. The van der Waals surface area contributed by atoms with Gasteiger partial charge in [-0.1, -0.05) is 35.1 Å². The van der Waals surface area contributed by atoms with Crippen molar-refractivity contribution >= 4 is 16.3 Å². The van der Waals surface area contributed by atoms with Crippen LogP contribution < -0.4 is 5.32 Å². The summed E-state index contributed by atoms with van der Waals surface area (Å²) in [5.41, 5.74) is 3.54. The van der Waals surface area contributed by atoms with Crippen LogP contribution in [0.4, 0.5) is 5.00 Å². The molecule has 1 heterocycles. The molecule has 0 aliphatic rings. The van der Waals surface area contributed by atoms with Crippen LogP contribution in [0.5, 0.6) is 0 Å². The molecule has 0 unspecified atom stereocenters. The van der Waals surface area contributed by atoms with E-state index in [0.29, 0.717) is 0 Å². The Balaban J connectivity index is 2.45. The van der Waals surface area contributed by atoms with Gasteiger partial charge in [0.2, 0.25) is 0 Å². The molecule has 2 rings (SSSR count). The number of hydrogen-bond acceptors (Lipinski definition) is 3. The number of benzene rings is 1. The van der Waals surface area contributed by atoms with Gasteiger partial charge >= 0.3 is 0 Å². The Kier molecular flexibility index (Phi) is 2.73. The van der Waals surface area contributed by atoms with E-state index in [0.717, 1.165) is 15.7 Å². The van der Waals surface area contributed by atoms with Crippen LogP contribution in [0.2, 0.25) is 0 Å². The molecule has 0 fully saturated rings. The van der Waals surface area contributed by atoms with E-state index in [1.54, 1.807) is 11.3 Å². The summed E-state index contributed by atoms with van der Waals surface area (Å²) in [6.07, 6.45) is 0. The van der Waals surface area contributed by atoms with E-state index >= 15 is 0 Å². The average Bonchev–Trinajstić information content (AvgIpc) is 2.60. The van der Waals surface area contributed by atoms with E-state index in [9.17, 15) is 0 Å². The number of nitrogens with zero attached hydrogens (tertiary/aromatic N) is 1. The number of hydrogen-bond donors (Lipinski definition) is 1. The Morgan fingerprint density at radius 2 is 2.07 bits per heavy atom. The summed E-state index contributed by atoms with van der Waals surface area (Å²) in [7, 11) is 1.93. The molecule has 15 heavy (non-hydrogen) atoms. The smallest absolute Gasteiger partial charge is 0.125 e. The second-order valence-corrected chi connectivity index (χ2v) is 4.55. The highest BCUT2D eigenvalue weighted by Crippen LogP contribution is 2.31. The van der Waals surface area contributed by atoms with Crippen molar-refractivity contribution < 1.29 is 0 Å². The predicted octanol–water partition coefficient (Wildman–Crippen LogP) is 3.47. The molecule has 0 atom stereocenters. The molecule has 1 aromatic carbocycles. The molecule has 3 heteroatoms. The number of rotatable bonds is 2. The van der Waals surface area contributed by atoms with E-state index in [4.69, 9.17) is 0 Å². The van der Waals surface area contributed by atoms with Crippen LogP contribution in [0.3, 0.4) is 0 Å². The minimum Gasteiger partial charge on any atom is -0.378 e. The Bertz CT molecular complexity index is 474. The van der Waals surface area contributed by atoms with Crippen LogP contribution in [0.1, 0.15) is 11.3 Å². The average molecular weight is 218 g/mol. The van der Waals surface area contributed by atoms with Crippen LogP contribution in [-0.4, -0.2) is 12.0 Å². The zero-order valence-corrected chi connectivity index (χ0v) is 9.98. The van der Waals surface area contributed by atoms with Gasteiger partial charge in [-0.05, 0) is 19.9 Å².